The second kappa shape index (κ2) is 9.59. The molecule has 3 heterocycles. The van der Waals surface area contributed by atoms with Gasteiger partial charge in [-0.3, -0.25) is 4.79 Å². The average Bonchev–Trinajstić information content (AvgIpc) is 2.81. The fraction of sp³-hybridized carbons (Fsp3) is 0.304. The van der Waals surface area contributed by atoms with Gasteiger partial charge in [-0.1, -0.05) is 12.1 Å². The van der Waals surface area contributed by atoms with E-state index in [1.165, 1.54) is 12.1 Å². The minimum absolute atomic E-state index is 0.0804. The van der Waals surface area contributed by atoms with Gasteiger partial charge < -0.3 is 19.9 Å². The highest BCUT2D eigenvalue weighted by atomic mass is 19.1. The second-order valence-electron chi connectivity index (χ2n) is 7.62. The number of piperazine rings is 1. The smallest absolute Gasteiger partial charge is 0.263 e. The Kier molecular flexibility index (Phi) is 6.44. The molecule has 0 saturated carbocycles. The van der Waals surface area contributed by atoms with Crippen molar-refractivity contribution in [3.8, 4) is 5.75 Å². The zero-order chi connectivity index (χ0) is 22.5. The van der Waals surface area contributed by atoms with E-state index in [1.807, 2.05) is 31.2 Å². The first kappa shape index (κ1) is 21.5. The van der Waals surface area contributed by atoms with Gasteiger partial charge >= 0.3 is 0 Å². The van der Waals surface area contributed by atoms with E-state index in [1.54, 1.807) is 30.2 Å². The number of hydrogen-bond acceptors (Lipinski definition) is 7. The van der Waals surface area contributed by atoms with Gasteiger partial charge in [-0.2, -0.15) is 0 Å². The molecule has 9 heteroatoms. The van der Waals surface area contributed by atoms with E-state index < -0.39 is 11.9 Å². The van der Waals surface area contributed by atoms with Gasteiger partial charge in [0.25, 0.3) is 5.91 Å². The number of benzene rings is 1. The third-order valence-corrected chi connectivity index (χ3v) is 5.23. The molecule has 166 valence electrons. The fourth-order valence-corrected chi connectivity index (χ4v) is 3.49. The number of aromatic nitrogens is 3. The number of ether oxygens (including phenoxy) is 1. The first-order chi connectivity index (χ1) is 15.5. The fourth-order valence-electron chi connectivity index (χ4n) is 3.49. The molecule has 1 fully saturated rings. The van der Waals surface area contributed by atoms with Gasteiger partial charge in [0, 0.05) is 32.4 Å². The van der Waals surface area contributed by atoms with Crippen LogP contribution in [0.25, 0.3) is 0 Å². The molecule has 2 aromatic heterocycles. The number of anilines is 3. The number of pyridine rings is 1. The van der Waals surface area contributed by atoms with Crippen LogP contribution in [0.4, 0.5) is 21.8 Å². The summed E-state index contributed by atoms with van der Waals surface area (Å²) in [7, 11) is 0. The molecule has 1 aromatic carbocycles. The van der Waals surface area contributed by atoms with Gasteiger partial charge in [-0.15, -0.1) is 10.2 Å². The Hall–Kier alpha value is -3.75. The van der Waals surface area contributed by atoms with Gasteiger partial charge in [-0.25, -0.2) is 9.37 Å². The summed E-state index contributed by atoms with van der Waals surface area (Å²) in [6.45, 7) is 5.94. The lowest BCUT2D eigenvalue weighted by Crippen LogP contribution is -2.52. The topological polar surface area (TPSA) is 83.5 Å². The van der Waals surface area contributed by atoms with Crippen molar-refractivity contribution in [1.82, 2.24) is 20.1 Å². The van der Waals surface area contributed by atoms with Crippen LogP contribution in [0.3, 0.4) is 0 Å². The Morgan fingerprint density at radius 1 is 1.06 bits per heavy atom. The molecule has 1 aliphatic rings. The zero-order valence-electron chi connectivity index (χ0n) is 18.0. The van der Waals surface area contributed by atoms with Gasteiger partial charge in [0.15, 0.2) is 29.3 Å². The first-order valence-electron chi connectivity index (χ1n) is 10.5. The summed E-state index contributed by atoms with van der Waals surface area (Å²) in [5.41, 5.74) is 1.10. The van der Waals surface area contributed by atoms with Gasteiger partial charge in [0.2, 0.25) is 0 Å². The largest absolute Gasteiger partial charge is 0.478 e. The van der Waals surface area contributed by atoms with Crippen LogP contribution < -0.4 is 15.0 Å². The molecule has 1 N–H and O–H groups in total. The maximum atomic E-state index is 13.8. The Labute approximate surface area is 186 Å². The highest BCUT2D eigenvalue weighted by molar-refractivity contribution is 5.81. The number of rotatable bonds is 6. The molecule has 0 bridgehead atoms. The number of halogens is 1. The van der Waals surface area contributed by atoms with Crippen LogP contribution in [0.5, 0.6) is 5.75 Å². The maximum Gasteiger partial charge on any atom is 0.263 e. The lowest BCUT2D eigenvalue weighted by atomic mass is 10.2. The van der Waals surface area contributed by atoms with Crippen LogP contribution in [0.2, 0.25) is 0 Å². The molecular formula is C23H25FN6O2. The average molecular weight is 436 g/mol. The predicted octanol–water partition coefficient (Wildman–Crippen LogP) is 3.18. The molecule has 1 aliphatic heterocycles. The van der Waals surface area contributed by atoms with Gasteiger partial charge in [0.1, 0.15) is 5.82 Å². The number of nitrogens with one attached hydrogen (secondary N) is 1. The quantitative estimate of drug-likeness (QED) is 0.635. The number of hydrogen-bond donors (Lipinski definition) is 1. The highest BCUT2D eigenvalue weighted by Crippen LogP contribution is 2.20. The zero-order valence-corrected chi connectivity index (χ0v) is 18.0. The molecule has 1 atom stereocenters. The molecule has 1 saturated heterocycles. The van der Waals surface area contributed by atoms with Crippen LogP contribution in [-0.4, -0.2) is 58.3 Å². The summed E-state index contributed by atoms with van der Waals surface area (Å²) in [6, 6.07) is 13.7. The van der Waals surface area contributed by atoms with Crippen molar-refractivity contribution in [1.29, 1.82) is 0 Å². The third-order valence-electron chi connectivity index (χ3n) is 5.23. The van der Waals surface area contributed by atoms with Crippen LogP contribution >= 0.6 is 0 Å². The standard InChI is InChI=1S/C23H25FN6O2/c1-16-9-10-25-21(15-16)26-20-7-8-22(28-27-20)29-11-13-30(14-12-29)23(31)17(2)32-19-6-4-3-5-18(19)24/h3-10,15,17H,11-14H2,1-2H3,(H,25,26,27). The molecule has 0 radical (unpaired) electrons. The van der Waals surface area contributed by atoms with Crippen molar-refractivity contribution in [2.75, 3.05) is 36.4 Å². The van der Waals surface area contributed by atoms with E-state index in [2.05, 4.69) is 25.4 Å². The van der Waals surface area contributed by atoms with Crippen molar-refractivity contribution >= 4 is 23.4 Å². The minimum atomic E-state index is -0.765. The summed E-state index contributed by atoms with van der Waals surface area (Å²) in [5, 5.41) is 11.7. The maximum absolute atomic E-state index is 13.8. The van der Waals surface area contributed by atoms with E-state index in [-0.39, 0.29) is 11.7 Å². The first-order valence-corrected chi connectivity index (χ1v) is 10.5. The van der Waals surface area contributed by atoms with Gasteiger partial charge in [0.05, 0.1) is 0 Å². The predicted molar refractivity (Wildman–Crippen MR) is 120 cm³/mol. The second-order valence-corrected chi connectivity index (χ2v) is 7.62. The van der Waals surface area contributed by atoms with Crippen molar-refractivity contribution < 1.29 is 13.9 Å². The van der Waals surface area contributed by atoms with Crippen LogP contribution in [-0.2, 0) is 4.79 Å². The Morgan fingerprint density at radius 2 is 1.84 bits per heavy atom. The summed E-state index contributed by atoms with van der Waals surface area (Å²) in [4.78, 5) is 20.8. The monoisotopic (exact) mass is 436 g/mol. The molecule has 1 unspecified atom stereocenters. The molecule has 0 aliphatic carbocycles. The third kappa shape index (κ3) is 5.11. The molecule has 3 aromatic rings. The number of carbonyl (C=O) groups is 1. The van der Waals surface area contributed by atoms with E-state index >= 15 is 0 Å². The van der Waals surface area contributed by atoms with E-state index in [4.69, 9.17) is 4.74 Å². The lowest BCUT2D eigenvalue weighted by Gasteiger charge is -2.36. The summed E-state index contributed by atoms with van der Waals surface area (Å²) in [6.07, 6.45) is 0.974. The lowest BCUT2D eigenvalue weighted by molar-refractivity contribution is -0.138. The molecule has 1 amide bonds. The normalized spacial score (nSPS) is 14.7. The molecular weight excluding hydrogens is 411 g/mol. The number of para-hydroxylation sites is 1. The number of carbonyl (C=O) groups excluding carboxylic acids is 1. The molecule has 32 heavy (non-hydrogen) atoms. The van der Waals surface area contributed by atoms with Crippen molar-refractivity contribution in [2.24, 2.45) is 0 Å². The Bertz CT molecular complexity index is 1070. The van der Waals surface area contributed by atoms with Crippen LogP contribution in [0.15, 0.2) is 54.7 Å². The molecule has 0 spiro atoms. The Morgan fingerprint density at radius 3 is 2.53 bits per heavy atom. The molecule has 4 rings (SSSR count). The van der Waals surface area contributed by atoms with Crippen molar-refractivity contribution in [3.63, 3.8) is 0 Å². The van der Waals surface area contributed by atoms with E-state index in [0.717, 1.165) is 11.4 Å². The molecule has 8 nitrogen and oxygen atoms in total. The highest BCUT2D eigenvalue weighted by Gasteiger charge is 2.27. The number of amides is 1. The minimum Gasteiger partial charge on any atom is -0.478 e. The number of aryl methyl sites for hydroxylation is 1. The summed E-state index contributed by atoms with van der Waals surface area (Å²) in [5.74, 6) is 1.51. The van der Waals surface area contributed by atoms with E-state index in [9.17, 15) is 9.18 Å². The SMILES string of the molecule is Cc1ccnc(Nc2ccc(N3CCN(C(=O)C(C)Oc4ccccc4F)CC3)nn2)c1. The van der Waals surface area contributed by atoms with Gasteiger partial charge in [-0.05, 0) is 55.8 Å². The van der Waals surface area contributed by atoms with Crippen molar-refractivity contribution in [2.45, 2.75) is 20.0 Å². The van der Waals surface area contributed by atoms with E-state index in [0.29, 0.717) is 37.8 Å². The number of nitrogens with zero attached hydrogens (tertiary/aromatic N) is 5. The van der Waals surface area contributed by atoms with Crippen LogP contribution in [0, 0.1) is 12.7 Å². The van der Waals surface area contributed by atoms with Crippen LogP contribution in [0.1, 0.15) is 12.5 Å². The van der Waals surface area contributed by atoms with Crippen molar-refractivity contribution in [3.05, 3.63) is 66.1 Å². The summed E-state index contributed by atoms with van der Waals surface area (Å²) >= 11 is 0. The Balaban J connectivity index is 1.30. The summed E-state index contributed by atoms with van der Waals surface area (Å²) < 4.78 is 19.3.